The number of rotatable bonds is 2. The van der Waals surface area contributed by atoms with Gasteiger partial charge in [0, 0.05) is 23.7 Å². The molecule has 19 heavy (non-hydrogen) atoms. The van der Waals surface area contributed by atoms with Gasteiger partial charge in [-0.25, -0.2) is 0 Å². The number of fused-ring (bicyclic) bond motifs is 2. The second-order valence-corrected chi connectivity index (χ2v) is 5.86. The maximum absolute atomic E-state index is 12.7. The van der Waals surface area contributed by atoms with Crippen LogP contribution < -0.4 is 4.74 Å². The summed E-state index contributed by atoms with van der Waals surface area (Å²) in [5.74, 6) is 0.593. The lowest BCUT2D eigenvalue weighted by molar-refractivity contribution is 0.0596. The SMILES string of the molecule is COc1cnccc1C(=O)N1C2CCC1CC(Cl)C2. The number of nitrogens with zero attached hydrogens (tertiary/aromatic N) is 2. The fraction of sp³-hybridized carbons (Fsp3) is 0.571. The van der Waals surface area contributed by atoms with Crippen LogP contribution in [0.3, 0.4) is 0 Å². The molecule has 0 aromatic carbocycles. The van der Waals surface area contributed by atoms with Gasteiger partial charge in [-0.05, 0) is 31.7 Å². The molecule has 4 nitrogen and oxygen atoms in total. The molecule has 5 heteroatoms. The van der Waals surface area contributed by atoms with Crippen LogP contribution in [0.5, 0.6) is 5.75 Å². The summed E-state index contributed by atoms with van der Waals surface area (Å²) in [7, 11) is 1.56. The summed E-state index contributed by atoms with van der Waals surface area (Å²) in [4.78, 5) is 18.7. The Bertz CT molecular complexity index is 480. The molecular weight excluding hydrogens is 264 g/mol. The topological polar surface area (TPSA) is 42.4 Å². The van der Waals surface area contributed by atoms with E-state index < -0.39 is 0 Å². The van der Waals surface area contributed by atoms with Crippen molar-refractivity contribution in [3.63, 3.8) is 0 Å². The van der Waals surface area contributed by atoms with Gasteiger partial charge in [-0.15, -0.1) is 11.6 Å². The van der Waals surface area contributed by atoms with Crippen LogP contribution in [0.2, 0.25) is 0 Å². The van der Waals surface area contributed by atoms with Crippen LogP contribution in [-0.4, -0.2) is 40.4 Å². The van der Waals surface area contributed by atoms with Gasteiger partial charge in [-0.2, -0.15) is 0 Å². The molecule has 3 rings (SSSR count). The molecule has 2 aliphatic heterocycles. The largest absolute Gasteiger partial charge is 0.494 e. The van der Waals surface area contributed by atoms with Gasteiger partial charge in [-0.1, -0.05) is 0 Å². The first kappa shape index (κ1) is 12.7. The number of carbonyl (C=O) groups is 1. The summed E-state index contributed by atoms with van der Waals surface area (Å²) >= 11 is 6.25. The highest BCUT2D eigenvalue weighted by molar-refractivity contribution is 6.20. The third-order valence-electron chi connectivity index (χ3n) is 4.14. The number of piperidine rings is 1. The Kier molecular flexibility index (Phi) is 3.35. The number of alkyl halides is 1. The van der Waals surface area contributed by atoms with Crippen molar-refractivity contribution in [2.75, 3.05) is 7.11 Å². The van der Waals surface area contributed by atoms with E-state index in [1.807, 2.05) is 4.90 Å². The number of amides is 1. The minimum Gasteiger partial charge on any atom is -0.494 e. The van der Waals surface area contributed by atoms with Crippen LogP contribution in [0, 0.1) is 0 Å². The van der Waals surface area contributed by atoms with Gasteiger partial charge in [0.15, 0.2) is 0 Å². The van der Waals surface area contributed by atoms with Gasteiger partial charge < -0.3 is 9.64 Å². The maximum Gasteiger partial charge on any atom is 0.258 e. The minimum absolute atomic E-state index is 0.0512. The molecule has 2 fully saturated rings. The van der Waals surface area contributed by atoms with Gasteiger partial charge in [0.25, 0.3) is 5.91 Å². The van der Waals surface area contributed by atoms with Gasteiger partial charge in [0.2, 0.25) is 0 Å². The number of aromatic nitrogens is 1. The first-order valence-corrected chi connectivity index (χ1v) is 7.09. The normalized spacial score (nSPS) is 29.4. The van der Waals surface area contributed by atoms with Crippen LogP contribution in [0.4, 0.5) is 0 Å². The quantitative estimate of drug-likeness (QED) is 0.782. The van der Waals surface area contributed by atoms with E-state index in [0.29, 0.717) is 11.3 Å². The predicted molar refractivity (Wildman–Crippen MR) is 72.6 cm³/mol. The standard InChI is InChI=1S/C14H17ClN2O2/c1-19-13-8-16-5-4-12(13)14(18)17-10-2-3-11(17)7-9(15)6-10/h4-5,8-11H,2-3,6-7H2,1H3. The summed E-state index contributed by atoms with van der Waals surface area (Å²) in [5.41, 5.74) is 0.599. The maximum atomic E-state index is 12.7. The number of halogens is 1. The van der Waals surface area contributed by atoms with Crippen LogP contribution in [-0.2, 0) is 0 Å². The summed E-state index contributed by atoms with van der Waals surface area (Å²) < 4.78 is 5.23. The van der Waals surface area contributed by atoms with E-state index in [9.17, 15) is 4.79 Å². The molecule has 1 amide bonds. The van der Waals surface area contributed by atoms with Crippen molar-refractivity contribution in [2.24, 2.45) is 0 Å². The van der Waals surface area contributed by atoms with Crippen molar-refractivity contribution in [3.8, 4) is 5.75 Å². The van der Waals surface area contributed by atoms with Crippen LogP contribution >= 0.6 is 11.6 Å². The molecule has 3 heterocycles. The molecule has 2 aliphatic rings. The second-order valence-electron chi connectivity index (χ2n) is 5.24. The van der Waals surface area contributed by atoms with Crippen molar-refractivity contribution >= 4 is 17.5 Å². The molecule has 0 N–H and O–H groups in total. The molecule has 2 atom stereocenters. The van der Waals surface area contributed by atoms with Crippen molar-refractivity contribution in [3.05, 3.63) is 24.0 Å². The number of carbonyl (C=O) groups excluding carboxylic acids is 1. The molecule has 2 unspecified atom stereocenters. The van der Waals surface area contributed by atoms with Gasteiger partial charge in [0.05, 0.1) is 18.9 Å². The molecule has 1 aromatic rings. The minimum atomic E-state index is 0.0512. The highest BCUT2D eigenvalue weighted by atomic mass is 35.5. The molecule has 1 aromatic heterocycles. The summed E-state index contributed by atoms with van der Waals surface area (Å²) in [6.45, 7) is 0. The average Bonchev–Trinajstić information content (AvgIpc) is 2.70. The zero-order valence-electron chi connectivity index (χ0n) is 10.9. The molecule has 2 bridgehead atoms. The second kappa shape index (κ2) is 5.00. The Hall–Kier alpha value is -1.29. The predicted octanol–water partition coefficient (Wildman–Crippen LogP) is 2.46. The molecular formula is C14H17ClN2O2. The van der Waals surface area contributed by atoms with E-state index in [1.54, 1.807) is 25.6 Å². The smallest absolute Gasteiger partial charge is 0.258 e. The number of hydrogen-bond donors (Lipinski definition) is 0. The fourth-order valence-corrected chi connectivity index (χ4v) is 3.71. The zero-order chi connectivity index (χ0) is 13.4. The summed E-state index contributed by atoms with van der Waals surface area (Å²) in [6, 6.07) is 2.30. The Morgan fingerprint density at radius 3 is 2.74 bits per heavy atom. The van der Waals surface area contributed by atoms with Crippen molar-refractivity contribution < 1.29 is 9.53 Å². The Balaban J connectivity index is 1.89. The molecule has 0 spiro atoms. The van der Waals surface area contributed by atoms with Crippen molar-refractivity contribution in [1.82, 2.24) is 9.88 Å². The highest BCUT2D eigenvalue weighted by Gasteiger charge is 2.43. The van der Waals surface area contributed by atoms with E-state index in [4.69, 9.17) is 16.3 Å². The van der Waals surface area contributed by atoms with E-state index in [-0.39, 0.29) is 23.4 Å². The van der Waals surface area contributed by atoms with Gasteiger partial charge >= 0.3 is 0 Å². The van der Waals surface area contributed by atoms with Crippen LogP contribution in [0.15, 0.2) is 18.5 Å². The lowest BCUT2D eigenvalue weighted by Gasteiger charge is -2.37. The fourth-order valence-electron chi connectivity index (χ4n) is 3.30. The number of pyridine rings is 1. The van der Waals surface area contributed by atoms with Gasteiger partial charge in [0.1, 0.15) is 5.75 Å². The van der Waals surface area contributed by atoms with E-state index in [0.717, 1.165) is 25.7 Å². The van der Waals surface area contributed by atoms with Crippen molar-refractivity contribution in [1.29, 1.82) is 0 Å². The third-order valence-corrected chi connectivity index (χ3v) is 4.50. The third kappa shape index (κ3) is 2.18. The molecule has 0 saturated carbocycles. The first-order chi connectivity index (χ1) is 9.20. The molecule has 2 saturated heterocycles. The molecule has 0 aliphatic carbocycles. The monoisotopic (exact) mass is 280 g/mol. The zero-order valence-corrected chi connectivity index (χ0v) is 11.6. The molecule has 102 valence electrons. The average molecular weight is 281 g/mol. The van der Waals surface area contributed by atoms with Crippen LogP contribution in [0.25, 0.3) is 0 Å². The van der Waals surface area contributed by atoms with Crippen LogP contribution in [0.1, 0.15) is 36.0 Å². The van der Waals surface area contributed by atoms with E-state index >= 15 is 0 Å². The highest BCUT2D eigenvalue weighted by Crippen LogP contribution is 2.39. The Morgan fingerprint density at radius 2 is 2.11 bits per heavy atom. The summed E-state index contributed by atoms with van der Waals surface area (Å²) in [5, 5.41) is 0.209. The lowest BCUT2D eigenvalue weighted by Crippen LogP contribution is -2.47. The number of hydrogen-bond acceptors (Lipinski definition) is 3. The summed E-state index contributed by atoms with van der Waals surface area (Å²) in [6.07, 6.45) is 7.14. The van der Waals surface area contributed by atoms with E-state index in [1.165, 1.54) is 0 Å². The van der Waals surface area contributed by atoms with Gasteiger partial charge in [-0.3, -0.25) is 9.78 Å². The first-order valence-electron chi connectivity index (χ1n) is 6.65. The Morgan fingerprint density at radius 1 is 1.42 bits per heavy atom. The number of ether oxygens (including phenoxy) is 1. The lowest BCUT2D eigenvalue weighted by atomic mass is 10.0. The van der Waals surface area contributed by atoms with Crippen molar-refractivity contribution in [2.45, 2.75) is 43.1 Å². The van der Waals surface area contributed by atoms with E-state index in [2.05, 4.69) is 4.98 Å². The number of methoxy groups -OCH3 is 1. The molecule has 0 radical (unpaired) electrons. The Labute approximate surface area is 117 Å².